The second-order valence-electron chi connectivity index (χ2n) is 8.10. The fourth-order valence-corrected chi connectivity index (χ4v) is 5.28. The number of hydrogen-bond donors (Lipinski definition) is 2. The molecule has 1 atom stereocenters. The van der Waals surface area contributed by atoms with Crippen molar-refractivity contribution in [2.24, 2.45) is 18.9 Å². The van der Waals surface area contributed by atoms with Crippen LogP contribution in [0.15, 0.2) is 11.1 Å². The lowest BCUT2D eigenvalue weighted by Gasteiger charge is -2.31. The first-order valence-electron chi connectivity index (χ1n) is 10.0. The second-order valence-corrected chi connectivity index (χ2v) is 10.0. The number of nitrogens with zero attached hydrogens (tertiary/aromatic N) is 3. The second kappa shape index (κ2) is 9.71. The summed E-state index contributed by atoms with van der Waals surface area (Å²) in [6.45, 7) is 6.41. The Bertz CT molecular complexity index is 826. The number of sulfonamides is 1. The lowest BCUT2D eigenvalue weighted by atomic mass is 9.93. The topological polar surface area (TPSA) is 113 Å². The molecule has 164 valence electrons. The number of aromatic nitrogens is 2. The lowest BCUT2D eigenvalue weighted by molar-refractivity contribution is -0.124. The van der Waals surface area contributed by atoms with E-state index >= 15 is 0 Å². The van der Waals surface area contributed by atoms with E-state index in [-0.39, 0.29) is 41.0 Å². The molecule has 0 bridgehead atoms. The Kier molecular flexibility index (Phi) is 7.81. The minimum Gasteiger partial charge on any atom is -0.359 e. The molecular formula is C19H33N5O4S. The third kappa shape index (κ3) is 6.02. The van der Waals surface area contributed by atoms with E-state index in [0.29, 0.717) is 38.0 Å². The van der Waals surface area contributed by atoms with E-state index in [1.54, 1.807) is 21.0 Å². The maximum absolute atomic E-state index is 12.9. The summed E-state index contributed by atoms with van der Waals surface area (Å²) in [5.74, 6) is 0.0837. The SMILES string of the molecule is CNC(=O)C[C@@H](NC(=O)CC1CCN(S(=O)(=O)c2cn(C)nc2C)CC1)C(C)C. The highest BCUT2D eigenvalue weighted by Gasteiger charge is 2.32. The maximum atomic E-state index is 12.9. The van der Waals surface area contributed by atoms with Gasteiger partial charge in [0.2, 0.25) is 21.8 Å². The van der Waals surface area contributed by atoms with Gasteiger partial charge in [0.25, 0.3) is 0 Å². The van der Waals surface area contributed by atoms with Crippen LogP contribution in [0, 0.1) is 18.8 Å². The van der Waals surface area contributed by atoms with Crippen molar-refractivity contribution >= 4 is 21.8 Å². The largest absolute Gasteiger partial charge is 0.359 e. The van der Waals surface area contributed by atoms with Gasteiger partial charge < -0.3 is 10.6 Å². The van der Waals surface area contributed by atoms with Gasteiger partial charge in [-0.2, -0.15) is 9.40 Å². The van der Waals surface area contributed by atoms with Gasteiger partial charge in [0.05, 0.1) is 5.69 Å². The Hall–Kier alpha value is -1.94. The summed E-state index contributed by atoms with van der Waals surface area (Å²) in [4.78, 5) is 24.3. The molecule has 1 aromatic rings. The zero-order valence-corrected chi connectivity index (χ0v) is 18.8. The summed E-state index contributed by atoms with van der Waals surface area (Å²) in [6, 6.07) is -0.212. The number of aryl methyl sites for hydroxylation is 2. The molecule has 1 saturated heterocycles. The van der Waals surface area contributed by atoms with Gasteiger partial charge in [-0.25, -0.2) is 8.42 Å². The van der Waals surface area contributed by atoms with Gasteiger partial charge in [-0.05, 0) is 31.6 Å². The highest BCUT2D eigenvalue weighted by atomic mass is 32.2. The van der Waals surface area contributed by atoms with Crippen LogP contribution in [0.25, 0.3) is 0 Å². The Morgan fingerprint density at radius 3 is 2.34 bits per heavy atom. The fourth-order valence-electron chi connectivity index (χ4n) is 3.61. The Morgan fingerprint density at radius 2 is 1.86 bits per heavy atom. The van der Waals surface area contributed by atoms with E-state index in [1.807, 2.05) is 13.8 Å². The van der Waals surface area contributed by atoms with E-state index in [9.17, 15) is 18.0 Å². The van der Waals surface area contributed by atoms with Gasteiger partial charge in [-0.1, -0.05) is 13.8 Å². The molecular weight excluding hydrogens is 394 g/mol. The predicted molar refractivity (Wildman–Crippen MR) is 109 cm³/mol. The zero-order chi connectivity index (χ0) is 21.8. The van der Waals surface area contributed by atoms with E-state index in [4.69, 9.17) is 0 Å². The fraction of sp³-hybridized carbons (Fsp3) is 0.737. The molecule has 0 aromatic carbocycles. The molecule has 0 unspecified atom stereocenters. The molecule has 2 heterocycles. The van der Waals surface area contributed by atoms with Crippen molar-refractivity contribution in [1.82, 2.24) is 24.7 Å². The number of piperidine rings is 1. The van der Waals surface area contributed by atoms with Crippen molar-refractivity contribution in [1.29, 1.82) is 0 Å². The number of carbonyl (C=O) groups excluding carboxylic acids is 2. The van der Waals surface area contributed by atoms with E-state index in [1.165, 1.54) is 15.2 Å². The predicted octanol–water partition coefficient (Wildman–Crippen LogP) is 0.796. The number of rotatable bonds is 8. The molecule has 1 aliphatic rings. The molecule has 0 saturated carbocycles. The van der Waals surface area contributed by atoms with Crippen molar-refractivity contribution in [2.75, 3.05) is 20.1 Å². The van der Waals surface area contributed by atoms with Gasteiger partial charge >= 0.3 is 0 Å². The molecule has 1 aromatic heterocycles. The molecule has 1 aliphatic heterocycles. The first kappa shape index (κ1) is 23.3. The standard InChI is InChI=1S/C19H33N5O4S/c1-13(2)16(11-18(25)20-4)21-19(26)10-15-6-8-24(9-7-15)29(27,28)17-12-23(5)22-14(17)3/h12-13,15-16H,6-11H2,1-5H3,(H,20,25)(H,21,26)/t16-/m1/s1. The van der Waals surface area contributed by atoms with Crippen LogP contribution in [-0.2, 0) is 26.7 Å². The summed E-state index contributed by atoms with van der Waals surface area (Å²) >= 11 is 0. The maximum Gasteiger partial charge on any atom is 0.246 e. The quantitative estimate of drug-likeness (QED) is 0.637. The number of carbonyl (C=O) groups is 2. The summed E-state index contributed by atoms with van der Waals surface area (Å²) in [6.07, 6.45) is 3.39. The summed E-state index contributed by atoms with van der Waals surface area (Å²) in [5, 5.41) is 9.67. The molecule has 2 rings (SSSR count). The van der Waals surface area contributed by atoms with Crippen LogP contribution in [0.5, 0.6) is 0 Å². The van der Waals surface area contributed by atoms with Gasteiger partial charge in [-0.3, -0.25) is 14.3 Å². The zero-order valence-electron chi connectivity index (χ0n) is 17.9. The summed E-state index contributed by atoms with van der Waals surface area (Å²) in [5.41, 5.74) is 0.491. The minimum atomic E-state index is -3.57. The Morgan fingerprint density at radius 1 is 1.24 bits per heavy atom. The Labute approximate surface area is 173 Å². The van der Waals surface area contributed by atoms with Crippen molar-refractivity contribution in [3.63, 3.8) is 0 Å². The average molecular weight is 428 g/mol. The Balaban J connectivity index is 1.89. The van der Waals surface area contributed by atoms with Crippen LogP contribution in [0.1, 0.15) is 45.2 Å². The van der Waals surface area contributed by atoms with Crippen molar-refractivity contribution in [3.8, 4) is 0 Å². The normalized spacial score (nSPS) is 17.3. The lowest BCUT2D eigenvalue weighted by Crippen LogP contribution is -2.43. The molecule has 2 N–H and O–H groups in total. The third-order valence-electron chi connectivity index (χ3n) is 5.47. The molecule has 0 aliphatic carbocycles. The van der Waals surface area contributed by atoms with Crippen LogP contribution in [0.2, 0.25) is 0 Å². The van der Waals surface area contributed by atoms with Crippen LogP contribution in [0.3, 0.4) is 0 Å². The first-order valence-corrected chi connectivity index (χ1v) is 11.5. The average Bonchev–Trinajstić information content (AvgIpc) is 3.00. The van der Waals surface area contributed by atoms with Crippen molar-refractivity contribution in [2.45, 2.75) is 57.4 Å². The third-order valence-corrected chi connectivity index (χ3v) is 7.47. The molecule has 29 heavy (non-hydrogen) atoms. The highest BCUT2D eigenvalue weighted by Crippen LogP contribution is 2.26. The van der Waals surface area contributed by atoms with Crippen LogP contribution in [-0.4, -0.2) is 60.5 Å². The van der Waals surface area contributed by atoms with Crippen LogP contribution < -0.4 is 10.6 Å². The van der Waals surface area contributed by atoms with Crippen molar-refractivity contribution in [3.05, 3.63) is 11.9 Å². The summed E-state index contributed by atoms with van der Waals surface area (Å²) < 4.78 is 28.7. The van der Waals surface area contributed by atoms with Gasteiger partial charge in [0, 0.05) is 52.3 Å². The van der Waals surface area contributed by atoms with E-state index in [0.717, 1.165) is 0 Å². The smallest absolute Gasteiger partial charge is 0.246 e. The molecule has 9 nitrogen and oxygen atoms in total. The van der Waals surface area contributed by atoms with Crippen molar-refractivity contribution < 1.29 is 18.0 Å². The van der Waals surface area contributed by atoms with E-state index in [2.05, 4.69) is 15.7 Å². The number of hydrogen-bond acceptors (Lipinski definition) is 5. The van der Waals surface area contributed by atoms with Crippen LogP contribution in [0.4, 0.5) is 0 Å². The minimum absolute atomic E-state index is 0.0861. The summed E-state index contributed by atoms with van der Waals surface area (Å²) in [7, 11) is -0.286. The molecule has 1 fully saturated rings. The van der Waals surface area contributed by atoms with E-state index < -0.39 is 10.0 Å². The van der Waals surface area contributed by atoms with Gasteiger partial charge in [0.15, 0.2) is 0 Å². The van der Waals surface area contributed by atoms with Gasteiger partial charge in [0.1, 0.15) is 4.90 Å². The highest BCUT2D eigenvalue weighted by molar-refractivity contribution is 7.89. The molecule has 0 radical (unpaired) electrons. The molecule has 0 spiro atoms. The first-order chi connectivity index (χ1) is 13.5. The molecule has 10 heteroatoms. The van der Waals surface area contributed by atoms with Crippen LogP contribution >= 0.6 is 0 Å². The number of nitrogens with one attached hydrogen (secondary N) is 2. The van der Waals surface area contributed by atoms with Gasteiger partial charge in [-0.15, -0.1) is 0 Å². The number of amides is 2. The monoisotopic (exact) mass is 427 g/mol. The molecule has 2 amide bonds.